The van der Waals surface area contributed by atoms with E-state index < -0.39 is 15.9 Å². The average molecular weight is 439 g/mol. The van der Waals surface area contributed by atoms with Crippen molar-refractivity contribution in [2.24, 2.45) is 0 Å². The summed E-state index contributed by atoms with van der Waals surface area (Å²) < 4.78 is 32.5. The molecule has 156 valence electrons. The van der Waals surface area contributed by atoms with Gasteiger partial charge >= 0.3 is 0 Å². The van der Waals surface area contributed by atoms with Crippen LogP contribution in [0.3, 0.4) is 0 Å². The number of carbonyl (C=O) groups is 2. The molecule has 0 bridgehead atoms. The maximum atomic E-state index is 12.8. The molecule has 1 heterocycles. The molecule has 1 aromatic heterocycles. The third-order valence-electron chi connectivity index (χ3n) is 5.04. The molecule has 0 saturated carbocycles. The molecule has 0 saturated heterocycles. The molecule has 1 aromatic carbocycles. The van der Waals surface area contributed by atoms with Gasteiger partial charge in [0.05, 0.1) is 21.2 Å². The summed E-state index contributed by atoms with van der Waals surface area (Å²) in [5.74, 6) is -0.0490. The van der Waals surface area contributed by atoms with Gasteiger partial charge in [0.1, 0.15) is 5.76 Å². The van der Waals surface area contributed by atoms with Crippen molar-refractivity contribution < 1.29 is 22.4 Å². The number of fused-ring (bicyclic) bond motifs is 1. The topological polar surface area (TPSA) is 96.7 Å². The Morgan fingerprint density at radius 3 is 2.55 bits per heavy atom. The zero-order valence-electron chi connectivity index (χ0n) is 16.5. The van der Waals surface area contributed by atoms with Crippen molar-refractivity contribution in [3.8, 4) is 0 Å². The number of hydrogen-bond acceptors (Lipinski definition) is 5. The van der Waals surface area contributed by atoms with Crippen LogP contribution in [0.2, 0.25) is 5.02 Å². The maximum Gasteiger partial charge on any atom is 0.291 e. The molecular weight excluding hydrogens is 416 g/mol. The first-order chi connectivity index (χ1) is 13.7. The van der Waals surface area contributed by atoms with Crippen LogP contribution < -0.4 is 5.32 Å². The first-order valence-electron chi connectivity index (χ1n) is 9.47. The van der Waals surface area contributed by atoms with Crippen molar-refractivity contribution in [3.63, 3.8) is 0 Å². The minimum atomic E-state index is -3.70. The first kappa shape index (κ1) is 21.5. The SMILES string of the molecule is CCN(CC)S(=O)(=O)c1ccc(Cl)c(NC(=O)c2oc3c(c2C)C(=O)CCC3)c1. The number of aryl methyl sites for hydroxylation is 1. The average Bonchev–Trinajstić information content (AvgIpc) is 3.02. The summed E-state index contributed by atoms with van der Waals surface area (Å²) in [6.45, 7) is 5.83. The van der Waals surface area contributed by atoms with Gasteiger partial charge in [0.25, 0.3) is 5.91 Å². The fraction of sp³-hybridized carbons (Fsp3) is 0.400. The number of ketones is 1. The molecule has 1 aliphatic carbocycles. The fourth-order valence-corrected chi connectivity index (χ4v) is 5.17. The molecule has 1 aliphatic rings. The number of amides is 1. The van der Waals surface area contributed by atoms with Gasteiger partial charge in [-0.05, 0) is 31.5 Å². The second kappa shape index (κ2) is 8.30. The highest BCUT2D eigenvalue weighted by atomic mass is 35.5. The zero-order valence-corrected chi connectivity index (χ0v) is 18.1. The van der Waals surface area contributed by atoms with Crippen molar-refractivity contribution >= 4 is 39.0 Å². The van der Waals surface area contributed by atoms with Gasteiger partial charge in [-0.2, -0.15) is 4.31 Å². The number of benzene rings is 1. The minimum Gasteiger partial charge on any atom is -0.455 e. The summed E-state index contributed by atoms with van der Waals surface area (Å²) in [7, 11) is -3.70. The molecule has 3 rings (SSSR count). The van der Waals surface area contributed by atoms with Gasteiger partial charge < -0.3 is 9.73 Å². The zero-order chi connectivity index (χ0) is 21.3. The van der Waals surface area contributed by atoms with Crippen LogP contribution in [-0.2, 0) is 16.4 Å². The second-order valence-corrected chi connectivity index (χ2v) is 9.16. The normalized spacial score (nSPS) is 14.2. The van der Waals surface area contributed by atoms with E-state index in [4.69, 9.17) is 16.0 Å². The second-order valence-electron chi connectivity index (χ2n) is 6.82. The number of rotatable bonds is 6. The van der Waals surface area contributed by atoms with Crippen LogP contribution in [0.25, 0.3) is 0 Å². The Labute approximate surface area is 175 Å². The van der Waals surface area contributed by atoms with E-state index in [0.29, 0.717) is 49.2 Å². The molecule has 9 heteroatoms. The van der Waals surface area contributed by atoms with Gasteiger partial charge in [0, 0.05) is 31.5 Å². The summed E-state index contributed by atoms with van der Waals surface area (Å²) in [6, 6.07) is 4.16. The van der Waals surface area contributed by atoms with E-state index in [0.717, 1.165) is 0 Å². The Kier molecular flexibility index (Phi) is 6.16. The van der Waals surface area contributed by atoms with Crippen LogP contribution in [0.5, 0.6) is 0 Å². The van der Waals surface area contributed by atoms with E-state index in [9.17, 15) is 18.0 Å². The molecule has 1 amide bonds. The molecular formula is C20H23ClN2O5S. The minimum absolute atomic E-state index is 0.0307. The van der Waals surface area contributed by atoms with Crippen molar-refractivity contribution in [1.29, 1.82) is 0 Å². The lowest BCUT2D eigenvalue weighted by Gasteiger charge is -2.19. The molecule has 1 N–H and O–H groups in total. The van der Waals surface area contributed by atoms with E-state index >= 15 is 0 Å². The Morgan fingerprint density at radius 1 is 1.24 bits per heavy atom. The number of furan rings is 1. The third kappa shape index (κ3) is 3.97. The van der Waals surface area contributed by atoms with E-state index in [-0.39, 0.29) is 27.1 Å². The molecule has 0 atom stereocenters. The van der Waals surface area contributed by atoms with E-state index in [1.807, 2.05) is 0 Å². The van der Waals surface area contributed by atoms with E-state index in [2.05, 4.69) is 5.32 Å². The Morgan fingerprint density at radius 2 is 1.93 bits per heavy atom. The van der Waals surface area contributed by atoms with Gasteiger partial charge in [-0.3, -0.25) is 9.59 Å². The quantitative estimate of drug-likeness (QED) is 0.733. The lowest BCUT2D eigenvalue weighted by atomic mass is 9.94. The number of hydrogen-bond donors (Lipinski definition) is 1. The number of nitrogens with one attached hydrogen (secondary N) is 1. The summed E-state index contributed by atoms with van der Waals surface area (Å²) in [5, 5.41) is 2.82. The molecule has 7 nitrogen and oxygen atoms in total. The number of anilines is 1. The number of carbonyl (C=O) groups excluding carboxylic acids is 2. The number of nitrogens with zero attached hydrogens (tertiary/aromatic N) is 1. The van der Waals surface area contributed by atoms with Crippen molar-refractivity contribution in [3.05, 3.63) is 45.9 Å². The van der Waals surface area contributed by atoms with Crippen LogP contribution in [0.1, 0.15) is 58.9 Å². The fourth-order valence-electron chi connectivity index (χ4n) is 3.52. The highest BCUT2D eigenvalue weighted by molar-refractivity contribution is 7.89. The number of Topliss-reactive ketones (excluding diaryl/α,β-unsaturated/α-hetero) is 1. The third-order valence-corrected chi connectivity index (χ3v) is 7.42. The highest BCUT2D eigenvalue weighted by Gasteiger charge is 2.29. The molecule has 0 spiro atoms. The van der Waals surface area contributed by atoms with E-state index in [1.54, 1.807) is 20.8 Å². The monoisotopic (exact) mass is 438 g/mol. The van der Waals surface area contributed by atoms with Crippen LogP contribution in [0, 0.1) is 6.92 Å². The summed E-state index contributed by atoms with van der Waals surface area (Å²) in [6.07, 6.45) is 1.73. The van der Waals surface area contributed by atoms with Crippen LogP contribution in [0.4, 0.5) is 5.69 Å². The smallest absolute Gasteiger partial charge is 0.291 e. The summed E-state index contributed by atoms with van der Waals surface area (Å²) in [5.41, 5.74) is 1.13. The number of halogens is 1. The standard InChI is InChI=1S/C20H23ClN2O5S/c1-4-23(5-2)29(26,27)13-9-10-14(21)15(11-13)22-20(25)19-12(3)18-16(24)7-6-8-17(18)28-19/h9-11H,4-8H2,1-3H3,(H,22,25). The van der Waals surface area contributed by atoms with Crippen LogP contribution >= 0.6 is 11.6 Å². The van der Waals surface area contributed by atoms with Crippen LogP contribution in [-0.4, -0.2) is 37.5 Å². The highest BCUT2D eigenvalue weighted by Crippen LogP contribution is 2.31. The molecule has 0 unspecified atom stereocenters. The molecule has 29 heavy (non-hydrogen) atoms. The van der Waals surface area contributed by atoms with Gasteiger partial charge in [0.15, 0.2) is 11.5 Å². The predicted molar refractivity (Wildman–Crippen MR) is 110 cm³/mol. The van der Waals surface area contributed by atoms with Gasteiger partial charge in [-0.25, -0.2) is 8.42 Å². The Bertz CT molecular complexity index is 1070. The number of sulfonamides is 1. The van der Waals surface area contributed by atoms with Gasteiger partial charge in [-0.1, -0.05) is 25.4 Å². The van der Waals surface area contributed by atoms with E-state index in [1.165, 1.54) is 22.5 Å². The summed E-state index contributed by atoms with van der Waals surface area (Å²) in [4.78, 5) is 25.0. The molecule has 0 fully saturated rings. The lowest BCUT2D eigenvalue weighted by Crippen LogP contribution is -2.30. The largest absolute Gasteiger partial charge is 0.455 e. The molecule has 2 aromatic rings. The molecule has 0 aliphatic heterocycles. The first-order valence-corrected chi connectivity index (χ1v) is 11.3. The van der Waals surface area contributed by atoms with Gasteiger partial charge in [0.2, 0.25) is 10.0 Å². The Hall–Kier alpha value is -2.16. The Balaban J connectivity index is 1.93. The summed E-state index contributed by atoms with van der Waals surface area (Å²) >= 11 is 6.18. The maximum absolute atomic E-state index is 12.8. The van der Waals surface area contributed by atoms with Crippen molar-refractivity contribution in [2.75, 3.05) is 18.4 Å². The predicted octanol–water partition coefficient (Wildman–Crippen LogP) is 4.04. The van der Waals surface area contributed by atoms with Crippen LogP contribution in [0.15, 0.2) is 27.5 Å². The van der Waals surface area contributed by atoms with Crippen molar-refractivity contribution in [1.82, 2.24) is 4.31 Å². The van der Waals surface area contributed by atoms with Crippen molar-refractivity contribution in [2.45, 2.75) is 44.9 Å². The lowest BCUT2D eigenvalue weighted by molar-refractivity contribution is 0.0963. The van der Waals surface area contributed by atoms with Gasteiger partial charge in [-0.15, -0.1) is 0 Å². The molecule has 0 radical (unpaired) electrons.